The number of hydrogen-bond acceptors (Lipinski definition) is 4. The molecule has 0 aliphatic carbocycles. The summed E-state index contributed by atoms with van der Waals surface area (Å²) in [7, 11) is -3.06. The minimum atomic E-state index is -3.06. The zero-order valence-electron chi connectivity index (χ0n) is 15.0. The second-order valence-corrected chi connectivity index (χ2v) is 11.5. The first-order valence-electron chi connectivity index (χ1n) is 8.99. The lowest BCUT2D eigenvalue weighted by molar-refractivity contribution is -0.117. The molecule has 1 amide bonds. The molecule has 8 heteroatoms. The molecule has 28 heavy (non-hydrogen) atoms. The highest BCUT2D eigenvalue weighted by atomic mass is 127. The van der Waals surface area contributed by atoms with Crippen molar-refractivity contribution in [3.63, 3.8) is 0 Å². The van der Waals surface area contributed by atoms with Crippen LogP contribution in [-0.2, 0) is 21.1 Å². The molecule has 0 saturated carbocycles. The molecule has 2 heterocycles. The lowest BCUT2D eigenvalue weighted by atomic mass is 10.1. The Labute approximate surface area is 182 Å². The van der Waals surface area contributed by atoms with Crippen molar-refractivity contribution in [2.45, 2.75) is 24.1 Å². The van der Waals surface area contributed by atoms with Gasteiger partial charge in [0.1, 0.15) is 0 Å². The maximum atomic E-state index is 12.5. The van der Waals surface area contributed by atoms with Gasteiger partial charge in [0.25, 0.3) is 0 Å². The van der Waals surface area contributed by atoms with Crippen molar-refractivity contribution in [3.8, 4) is 0 Å². The number of amides is 1. The molecule has 0 N–H and O–H groups in total. The molecule has 2 aromatic rings. The molecule has 0 aromatic heterocycles. The Morgan fingerprint density at radius 2 is 1.93 bits per heavy atom. The summed E-state index contributed by atoms with van der Waals surface area (Å²) < 4.78 is 25.3. The maximum absolute atomic E-state index is 12.5. The highest BCUT2D eigenvalue weighted by Crippen LogP contribution is 2.41. The van der Waals surface area contributed by atoms with E-state index >= 15 is 0 Å². The molecule has 2 fully saturated rings. The summed E-state index contributed by atoms with van der Waals surface area (Å²) in [6.45, 7) is 0. The average molecular weight is 526 g/mol. The third kappa shape index (κ3) is 4.44. The normalized spacial score (nSPS) is 24.5. The molecule has 2 atom stereocenters. The van der Waals surface area contributed by atoms with Crippen molar-refractivity contribution in [1.29, 1.82) is 0 Å². The number of aliphatic imine (C=N–C) groups is 1. The van der Waals surface area contributed by atoms with Crippen LogP contribution in [-0.4, -0.2) is 42.3 Å². The number of carbonyl (C=O) groups excluding carboxylic acids is 1. The van der Waals surface area contributed by atoms with Gasteiger partial charge >= 0.3 is 0 Å². The van der Waals surface area contributed by atoms with Crippen molar-refractivity contribution in [2.75, 3.05) is 16.4 Å². The molecule has 2 saturated heterocycles. The second-order valence-electron chi connectivity index (χ2n) is 6.92. The molecule has 0 radical (unpaired) electrons. The number of benzene rings is 2. The zero-order valence-corrected chi connectivity index (χ0v) is 18.8. The Morgan fingerprint density at radius 3 is 2.68 bits per heavy atom. The fourth-order valence-electron chi connectivity index (χ4n) is 3.55. The summed E-state index contributed by atoms with van der Waals surface area (Å²) in [6, 6.07) is 17.6. The van der Waals surface area contributed by atoms with Gasteiger partial charge < -0.3 is 4.90 Å². The molecule has 2 aliphatic rings. The number of thioether (sulfide) groups is 1. The van der Waals surface area contributed by atoms with Gasteiger partial charge in [-0.1, -0.05) is 48.2 Å². The van der Waals surface area contributed by atoms with E-state index in [0.717, 1.165) is 14.8 Å². The first kappa shape index (κ1) is 19.9. The second kappa shape index (κ2) is 8.16. The molecule has 146 valence electrons. The van der Waals surface area contributed by atoms with Crippen LogP contribution >= 0.6 is 34.4 Å². The summed E-state index contributed by atoms with van der Waals surface area (Å²) in [4.78, 5) is 18.8. The van der Waals surface area contributed by atoms with E-state index in [1.54, 1.807) is 0 Å². The van der Waals surface area contributed by atoms with Gasteiger partial charge in [0.15, 0.2) is 15.0 Å². The number of halogens is 1. The summed E-state index contributed by atoms with van der Waals surface area (Å²) in [5.74, 6) is 0.0673. The number of hydrogen-bond donors (Lipinski definition) is 0. The van der Waals surface area contributed by atoms with Gasteiger partial charge in [-0.3, -0.25) is 4.79 Å². The summed E-state index contributed by atoms with van der Waals surface area (Å²) in [6.07, 6.45) is 0.980. The van der Waals surface area contributed by atoms with Crippen LogP contribution < -0.4 is 4.90 Å². The molecular weight excluding hydrogens is 507 g/mol. The van der Waals surface area contributed by atoms with Gasteiger partial charge in [-0.25, -0.2) is 8.42 Å². The summed E-state index contributed by atoms with van der Waals surface area (Å²) >= 11 is 3.65. The Morgan fingerprint density at radius 1 is 1.14 bits per heavy atom. The van der Waals surface area contributed by atoms with Gasteiger partial charge in [0, 0.05) is 20.9 Å². The molecule has 5 nitrogen and oxygen atoms in total. The Hall–Kier alpha value is -1.39. The van der Waals surface area contributed by atoms with E-state index in [1.165, 1.54) is 11.8 Å². The van der Waals surface area contributed by atoms with E-state index in [1.807, 2.05) is 59.5 Å². The smallest absolute Gasteiger partial charge is 0.248 e. The van der Waals surface area contributed by atoms with E-state index in [0.29, 0.717) is 18.0 Å². The number of amidine groups is 1. The SMILES string of the molecule is O=C(CCc1ccccc1)N=C1SC2CS(=O)(=O)CC2N1c1cccc(I)c1. The topological polar surface area (TPSA) is 66.8 Å². The van der Waals surface area contributed by atoms with E-state index < -0.39 is 9.84 Å². The van der Waals surface area contributed by atoms with Crippen LogP contribution in [0.3, 0.4) is 0 Å². The first-order chi connectivity index (χ1) is 13.4. The van der Waals surface area contributed by atoms with Crippen LogP contribution in [0.1, 0.15) is 12.0 Å². The third-order valence-corrected chi connectivity index (χ3v) is 8.72. The lowest BCUT2D eigenvalue weighted by Crippen LogP contribution is -2.37. The maximum Gasteiger partial charge on any atom is 0.248 e. The molecule has 2 aromatic carbocycles. The fraction of sp³-hybridized carbons (Fsp3) is 0.300. The van der Waals surface area contributed by atoms with Crippen LogP contribution in [0.5, 0.6) is 0 Å². The van der Waals surface area contributed by atoms with Crippen molar-refractivity contribution < 1.29 is 13.2 Å². The fourth-order valence-corrected chi connectivity index (χ4v) is 8.01. The molecule has 2 unspecified atom stereocenters. The van der Waals surface area contributed by atoms with Crippen LogP contribution in [0.4, 0.5) is 5.69 Å². The van der Waals surface area contributed by atoms with Crippen LogP contribution in [0.15, 0.2) is 59.6 Å². The van der Waals surface area contributed by atoms with Crippen molar-refractivity contribution in [3.05, 3.63) is 63.7 Å². The van der Waals surface area contributed by atoms with E-state index in [4.69, 9.17) is 0 Å². The van der Waals surface area contributed by atoms with Gasteiger partial charge in [-0.05, 0) is 52.8 Å². The number of anilines is 1. The zero-order chi connectivity index (χ0) is 19.7. The quantitative estimate of drug-likeness (QED) is 0.571. The summed E-state index contributed by atoms with van der Waals surface area (Å²) in [5, 5.41) is 0.536. The van der Waals surface area contributed by atoms with Gasteiger partial charge in [0.05, 0.1) is 17.5 Å². The highest BCUT2D eigenvalue weighted by Gasteiger charge is 2.49. The van der Waals surface area contributed by atoms with Crippen molar-refractivity contribution in [2.24, 2.45) is 4.99 Å². The number of sulfone groups is 1. The monoisotopic (exact) mass is 526 g/mol. The Balaban J connectivity index is 1.58. The molecule has 4 rings (SSSR count). The molecule has 0 bridgehead atoms. The predicted molar refractivity (Wildman–Crippen MR) is 123 cm³/mol. The third-order valence-electron chi connectivity index (χ3n) is 4.84. The molecule has 0 spiro atoms. The largest absolute Gasteiger partial charge is 0.316 e. The average Bonchev–Trinajstić information content (AvgIpc) is 3.11. The number of fused-ring (bicyclic) bond motifs is 1. The standard InChI is InChI=1S/C20H19IN2O3S2/c21-15-7-4-8-16(11-15)23-17-12-28(25,26)13-18(17)27-20(23)22-19(24)10-9-14-5-2-1-3-6-14/h1-8,11,17-18H,9-10,12-13H2. The molecule has 2 aliphatic heterocycles. The van der Waals surface area contributed by atoms with Crippen LogP contribution in [0, 0.1) is 3.57 Å². The van der Waals surface area contributed by atoms with Crippen molar-refractivity contribution in [1.82, 2.24) is 0 Å². The van der Waals surface area contributed by atoms with Gasteiger partial charge in [-0.15, -0.1) is 0 Å². The van der Waals surface area contributed by atoms with E-state index in [-0.39, 0.29) is 28.7 Å². The lowest BCUT2D eigenvalue weighted by Gasteiger charge is -2.24. The van der Waals surface area contributed by atoms with Crippen LogP contribution in [0.25, 0.3) is 0 Å². The Bertz CT molecular complexity index is 1020. The van der Waals surface area contributed by atoms with Crippen molar-refractivity contribution >= 4 is 61.0 Å². The van der Waals surface area contributed by atoms with E-state index in [9.17, 15) is 13.2 Å². The minimum Gasteiger partial charge on any atom is -0.316 e. The first-order valence-corrected chi connectivity index (χ1v) is 12.8. The van der Waals surface area contributed by atoms with Gasteiger partial charge in [-0.2, -0.15) is 4.99 Å². The predicted octanol–water partition coefficient (Wildman–Crippen LogP) is 3.53. The highest BCUT2D eigenvalue weighted by molar-refractivity contribution is 14.1. The molecular formula is C20H19IN2O3S2. The summed E-state index contributed by atoms with van der Waals surface area (Å²) in [5.41, 5.74) is 1.99. The van der Waals surface area contributed by atoms with Gasteiger partial charge in [0.2, 0.25) is 5.91 Å². The minimum absolute atomic E-state index is 0.0801. The van der Waals surface area contributed by atoms with E-state index in [2.05, 4.69) is 27.6 Å². The number of aryl methyl sites for hydroxylation is 1. The Kier molecular flexibility index (Phi) is 5.80. The van der Waals surface area contributed by atoms with Crippen LogP contribution in [0.2, 0.25) is 0 Å². The number of rotatable bonds is 4. The number of carbonyl (C=O) groups is 1. The number of nitrogens with zero attached hydrogens (tertiary/aromatic N) is 2.